The number of carbonyl (C=O) groups is 2. The number of amides is 2. The lowest BCUT2D eigenvalue weighted by atomic mass is 10.2. The molecule has 150 valence electrons. The van der Waals surface area contributed by atoms with E-state index in [-0.39, 0.29) is 21.2 Å². The lowest BCUT2D eigenvalue weighted by molar-refractivity contribution is -0.274. The number of hydrazine groups is 1. The van der Waals surface area contributed by atoms with Crippen molar-refractivity contribution in [1.82, 2.24) is 10.4 Å². The molecule has 2 amide bonds. The van der Waals surface area contributed by atoms with Crippen molar-refractivity contribution in [3.8, 4) is 5.75 Å². The van der Waals surface area contributed by atoms with Gasteiger partial charge in [-0.3, -0.25) is 15.0 Å². The summed E-state index contributed by atoms with van der Waals surface area (Å²) in [6.07, 6.45) is -4.84. The first kappa shape index (κ1) is 21.8. The Morgan fingerprint density at radius 2 is 1.57 bits per heavy atom. The third-order valence-electron chi connectivity index (χ3n) is 3.48. The highest BCUT2D eigenvalue weighted by molar-refractivity contribution is 6.39. The van der Waals surface area contributed by atoms with Gasteiger partial charge in [0.2, 0.25) is 0 Å². The largest absolute Gasteiger partial charge is 0.573 e. The zero-order valence-corrected chi connectivity index (χ0v) is 16.2. The summed E-state index contributed by atoms with van der Waals surface area (Å²) in [4.78, 5) is 25.2. The summed E-state index contributed by atoms with van der Waals surface area (Å²) < 4.78 is 40.5. The van der Waals surface area contributed by atoms with E-state index in [1.807, 2.05) is 0 Å². The zero-order valence-electron chi connectivity index (χ0n) is 14.7. The van der Waals surface area contributed by atoms with Crippen molar-refractivity contribution in [2.45, 2.75) is 26.3 Å². The van der Waals surface area contributed by atoms with Crippen LogP contribution in [0.5, 0.6) is 5.75 Å². The SMILES string of the molecule is CC(C)N(NC(=O)c1c(Cl)cccc1Cl)C(=O)c1ccc(OC(F)(F)F)cc1. The van der Waals surface area contributed by atoms with Gasteiger partial charge in [0.05, 0.1) is 15.6 Å². The quantitative estimate of drug-likeness (QED) is 0.681. The highest BCUT2D eigenvalue weighted by Gasteiger charge is 2.31. The van der Waals surface area contributed by atoms with Gasteiger partial charge >= 0.3 is 6.36 Å². The van der Waals surface area contributed by atoms with Crippen molar-refractivity contribution in [1.29, 1.82) is 0 Å². The Kier molecular flexibility index (Phi) is 6.79. The number of hydrogen-bond acceptors (Lipinski definition) is 3. The summed E-state index contributed by atoms with van der Waals surface area (Å²) in [5, 5.41) is 1.24. The van der Waals surface area contributed by atoms with Crippen LogP contribution in [0.1, 0.15) is 34.6 Å². The molecule has 0 unspecified atom stereocenters. The molecule has 5 nitrogen and oxygen atoms in total. The molecule has 0 aliphatic heterocycles. The van der Waals surface area contributed by atoms with E-state index < -0.39 is 30.0 Å². The predicted octanol–water partition coefficient (Wildman–Crippen LogP) is 5.09. The van der Waals surface area contributed by atoms with Gasteiger partial charge in [-0.1, -0.05) is 29.3 Å². The second-order valence-electron chi connectivity index (χ2n) is 5.88. The standard InChI is InChI=1S/C18H15Cl2F3N2O3/c1-10(2)25(24-16(26)15-13(19)4-3-5-14(15)20)17(27)11-6-8-12(9-7-11)28-18(21,22)23/h3-10H,1-2H3,(H,24,26). The summed E-state index contributed by atoms with van der Waals surface area (Å²) in [5.41, 5.74) is 2.48. The Bertz CT molecular complexity index is 851. The van der Waals surface area contributed by atoms with Crippen molar-refractivity contribution in [2.24, 2.45) is 0 Å². The van der Waals surface area contributed by atoms with Crippen LogP contribution in [0.15, 0.2) is 42.5 Å². The van der Waals surface area contributed by atoms with E-state index in [0.29, 0.717) is 0 Å². The molecule has 0 saturated carbocycles. The Morgan fingerprint density at radius 3 is 2.04 bits per heavy atom. The third-order valence-corrected chi connectivity index (χ3v) is 4.11. The molecule has 1 N–H and O–H groups in total. The van der Waals surface area contributed by atoms with E-state index >= 15 is 0 Å². The van der Waals surface area contributed by atoms with Crippen LogP contribution < -0.4 is 10.2 Å². The highest BCUT2D eigenvalue weighted by atomic mass is 35.5. The molecule has 28 heavy (non-hydrogen) atoms. The molecule has 0 aromatic heterocycles. The van der Waals surface area contributed by atoms with Crippen molar-refractivity contribution >= 4 is 35.0 Å². The summed E-state index contributed by atoms with van der Waals surface area (Å²) in [7, 11) is 0. The minimum Gasteiger partial charge on any atom is -0.406 e. The molecule has 2 rings (SSSR count). The summed E-state index contributed by atoms with van der Waals surface area (Å²) >= 11 is 12.0. The molecule has 0 atom stereocenters. The molecule has 0 fully saturated rings. The Labute approximate surface area is 168 Å². The normalized spacial score (nSPS) is 11.3. The van der Waals surface area contributed by atoms with Gasteiger partial charge in [-0.05, 0) is 50.2 Å². The maximum absolute atomic E-state index is 12.7. The van der Waals surface area contributed by atoms with E-state index in [0.717, 1.165) is 29.3 Å². The minimum atomic E-state index is -4.84. The Balaban J connectivity index is 2.21. The number of carbonyl (C=O) groups excluding carboxylic acids is 2. The van der Waals surface area contributed by atoms with E-state index in [9.17, 15) is 22.8 Å². The van der Waals surface area contributed by atoms with Crippen LogP contribution in [0.3, 0.4) is 0 Å². The molecule has 10 heteroatoms. The smallest absolute Gasteiger partial charge is 0.406 e. The first-order chi connectivity index (χ1) is 13.0. The second-order valence-corrected chi connectivity index (χ2v) is 6.69. The number of alkyl halides is 3. The van der Waals surface area contributed by atoms with Crippen LogP contribution in [0.25, 0.3) is 0 Å². The summed E-state index contributed by atoms with van der Waals surface area (Å²) in [5.74, 6) is -1.80. The van der Waals surface area contributed by atoms with Crippen LogP contribution in [0, 0.1) is 0 Å². The van der Waals surface area contributed by atoms with Gasteiger partial charge in [-0.25, -0.2) is 5.01 Å². The lowest BCUT2D eigenvalue weighted by Gasteiger charge is -2.27. The van der Waals surface area contributed by atoms with E-state index in [4.69, 9.17) is 23.2 Å². The number of hydrogen-bond donors (Lipinski definition) is 1. The molecular formula is C18H15Cl2F3N2O3. The number of nitrogens with zero attached hydrogens (tertiary/aromatic N) is 1. The van der Waals surface area contributed by atoms with Gasteiger partial charge in [0, 0.05) is 11.6 Å². The fourth-order valence-corrected chi connectivity index (χ4v) is 2.80. The molecule has 0 saturated heterocycles. The number of ether oxygens (including phenoxy) is 1. The van der Waals surface area contributed by atoms with Crippen molar-refractivity contribution in [3.05, 3.63) is 63.6 Å². The highest BCUT2D eigenvalue weighted by Crippen LogP contribution is 2.25. The number of benzene rings is 2. The number of rotatable bonds is 4. The van der Waals surface area contributed by atoms with Crippen molar-refractivity contribution < 1.29 is 27.5 Å². The fourth-order valence-electron chi connectivity index (χ4n) is 2.23. The third kappa shape index (κ3) is 5.53. The van der Waals surface area contributed by atoms with Crippen LogP contribution >= 0.6 is 23.2 Å². The summed E-state index contributed by atoms with van der Waals surface area (Å²) in [6.45, 7) is 3.29. The number of nitrogens with one attached hydrogen (secondary N) is 1. The van der Waals surface area contributed by atoms with Gasteiger partial charge in [0.1, 0.15) is 5.75 Å². The average molecular weight is 435 g/mol. The zero-order chi connectivity index (χ0) is 21.1. The van der Waals surface area contributed by atoms with E-state index in [1.165, 1.54) is 12.1 Å². The number of halogens is 5. The van der Waals surface area contributed by atoms with Crippen LogP contribution in [-0.4, -0.2) is 29.2 Å². The monoisotopic (exact) mass is 434 g/mol. The van der Waals surface area contributed by atoms with Gasteiger partial charge in [-0.2, -0.15) is 0 Å². The van der Waals surface area contributed by atoms with Crippen molar-refractivity contribution in [3.63, 3.8) is 0 Å². The van der Waals surface area contributed by atoms with E-state index in [2.05, 4.69) is 10.2 Å². The maximum atomic E-state index is 12.7. The van der Waals surface area contributed by atoms with Crippen LogP contribution in [-0.2, 0) is 0 Å². The average Bonchev–Trinajstić information content (AvgIpc) is 2.58. The molecule has 0 radical (unpaired) electrons. The molecule has 0 heterocycles. The topological polar surface area (TPSA) is 58.6 Å². The lowest BCUT2D eigenvalue weighted by Crippen LogP contribution is -2.50. The molecular weight excluding hydrogens is 420 g/mol. The molecule has 0 spiro atoms. The fraction of sp³-hybridized carbons (Fsp3) is 0.222. The molecule has 0 aliphatic carbocycles. The van der Waals surface area contributed by atoms with Crippen molar-refractivity contribution in [2.75, 3.05) is 0 Å². The minimum absolute atomic E-state index is 0.00166. The second kappa shape index (κ2) is 8.70. The van der Waals surface area contributed by atoms with Crippen LogP contribution in [0.2, 0.25) is 10.0 Å². The first-order valence-electron chi connectivity index (χ1n) is 7.94. The van der Waals surface area contributed by atoms with Crippen LogP contribution in [0.4, 0.5) is 13.2 Å². The maximum Gasteiger partial charge on any atom is 0.573 e. The molecule has 0 bridgehead atoms. The van der Waals surface area contributed by atoms with Gasteiger partial charge < -0.3 is 4.74 Å². The Hall–Kier alpha value is -2.45. The molecule has 2 aromatic rings. The first-order valence-corrected chi connectivity index (χ1v) is 8.69. The van der Waals surface area contributed by atoms with Gasteiger partial charge in [0.15, 0.2) is 0 Å². The molecule has 0 aliphatic rings. The summed E-state index contributed by atoms with van der Waals surface area (Å²) in [6, 6.07) is 8.38. The van der Waals surface area contributed by atoms with Gasteiger partial charge in [-0.15, -0.1) is 13.2 Å². The van der Waals surface area contributed by atoms with Gasteiger partial charge in [0.25, 0.3) is 11.8 Å². The Morgan fingerprint density at radius 1 is 1.04 bits per heavy atom. The predicted molar refractivity (Wildman–Crippen MR) is 98.4 cm³/mol. The van der Waals surface area contributed by atoms with E-state index in [1.54, 1.807) is 19.9 Å². The molecule has 2 aromatic carbocycles.